The molecule has 1 saturated heterocycles. The maximum atomic E-state index is 13.0. The number of cyclic esters (lactones) is 1. The Morgan fingerprint density at radius 3 is 2.55 bits per heavy atom. The Labute approximate surface area is 196 Å². The van der Waals surface area contributed by atoms with Crippen LogP contribution in [0, 0.1) is 11.8 Å². The lowest BCUT2D eigenvalue weighted by molar-refractivity contribution is -0.151. The first kappa shape index (κ1) is 25.0. The number of esters is 1. The highest BCUT2D eigenvalue weighted by Gasteiger charge is 2.33. The van der Waals surface area contributed by atoms with E-state index in [1.165, 1.54) is 0 Å². The summed E-state index contributed by atoms with van der Waals surface area (Å²) in [4.78, 5) is 40.4. The van der Waals surface area contributed by atoms with E-state index in [2.05, 4.69) is 5.32 Å². The van der Waals surface area contributed by atoms with Gasteiger partial charge >= 0.3 is 5.97 Å². The molecule has 3 atom stereocenters. The third-order valence-corrected chi connectivity index (χ3v) is 6.40. The molecule has 0 aliphatic carbocycles. The molecule has 7 heteroatoms. The van der Waals surface area contributed by atoms with Gasteiger partial charge in [-0.1, -0.05) is 42.5 Å². The molecule has 0 saturated carbocycles. The van der Waals surface area contributed by atoms with Gasteiger partial charge in [0.15, 0.2) is 0 Å². The van der Waals surface area contributed by atoms with Crippen molar-refractivity contribution in [2.45, 2.75) is 64.0 Å². The van der Waals surface area contributed by atoms with Crippen molar-refractivity contribution >= 4 is 17.8 Å². The number of nitrogens with zero attached hydrogens (tertiary/aromatic N) is 1. The Balaban J connectivity index is 1.73. The summed E-state index contributed by atoms with van der Waals surface area (Å²) >= 11 is 0. The van der Waals surface area contributed by atoms with Gasteiger partial charge in [-0.25, -0.2) is 0 Å². The van der Waals surface area contributed by atoms with Crippen LogP contribution in [0.15, 0.2) is 42.5 Å². The highest BCUT2D eigenvalue weighted by Crippen LogP contribution is 2.23. The minimum absolute atomic E-state index is 0.0519. The highest BCUT2D eigenvalue weighted by molar-refractivity contribution is 5.86. The number of benzene rings is 1. The van der Waals surface area contributed by atoms with Gasteiger partial charge in [0.05, 0.1) is 30.0 Å². The maximum absolute atomic E-state index is 13.0. The smallest absolute Gasteiger partial charge is 0.309 e. The number of allylic oxidation sites excluding steroid dienone is 2. The third-order valence-electron chi connectivity index (χ3n) is 6.40. The van der Waals surface area contributed by atoms with E-state index in [0.717, 1.165) is 18.4 Å². The fourth-order valence-electron chi connectivity index (χ4n) is 4.49. The monoisotopic (exact) mass is 456 g/mol. The second-order valence-corrected chi connectivity index (χ2v) is 9.78. The van der Waals surface area contributed by atoms with Gasteiger partial charge in [0.1, 0.15) is 6.61 Å². The molecule has 0 radical (unpaired) electrons. The van der Waals surface area contributed by atoms with E-state index in [-0.39, 0.29) is 49.4 Å². The number of aliphatic hydroxyl groups is 1. The largest absolute Gasteiger partial charge is 0.463 e. The summed E-state index contributed by atoms with van der Waals surface area (Å²) in [5.41, 5.74) is 0.315. The van der Waals surface area contributed by atoms with E-state index in [9.17, 15) is 19.5 Å². The molecular formula is C26H36N2O5. The SMILES string of the molecule is CC1(C)COC(=O)[C@H](Cc2ccccc2)CC=CC[C@H](CC(=O)N2CCC[C@H]2CO)C(=O)N1. The van der Waals surface area contributed by atoms with Gasteiger partial charge in [-0.2, -0.15) is 0 Å². The Morgan fingerprint density at radius 2 is 1.85 bits per heavy atom. The van der Waals surface area contributed by atoms with Gasteiger partial charge in [0.25, 0.3) is 0 Å². The standard InChI is InChI=1S/C26H36N2O5/c1-26(2)18-33-25(32)21(15-19-9-4-3-5-10-19)12-7-6-11-20(24(31)27-26)16-23(30)28-14-8-13-22(28)17-29/h3-7,9-10,20-22,29H,8,11-18H2,1-2H3,(H,27,31)/t20-,21+,22+/m1/s1. The van der Waals surface area contributed by atoms with Gasteiger partial charge in [0, 0.05) is 13.0 Å². The van der Waals surface area contributed by atoms with Crippen molar-refractivity contribution in [3.8, 4) is 0 Å². The predicted molar refractivity (Wildman–Crippen MR) is 125 cm³/mol. The van der Waals surface area contributed by atoms with Crippen LogP contribution in [-0.2, 0) is 25.5 Å². The summed E-state index contributed by atoms with van der Waals surface area (Å²) in [6, 6.07) is 9.69. The molecule has 2 N–H and O–H groups in total. The van der Waals surface area contributed by atoms with E-state index in [1.807, 2.05) is 56.3 Å². The van der Waals surface area contributed by atoms with Crippen LogP contribution in [0.1, 0.15) is 51.5 Å². The molecule has 180 valence electrons. The van der Waals surface area contributed by atoms with Crippen LogP contribution in [0.4, 0.5) is 0 Å². The Hall–Kier alpha value is -2.67. The topological polar surface area (TPSA) is 95.9 Å². The lowest BCUT2D eigenvalue weighted by atomic mass is 9.93. The third kappa shape index (κ3) is 7.16. The molecule has 1 aromatic rings. The van der Waals surface area contributed by atoms with Crippen molar-refractivity contribution < 1.29 is 24.2 Å². The summed E-state index contributed by atoms with van der Waals surface area (Å²) in [7, 11) is 0. The van der Waals surface area contributed by atoms with Crippen molar-refractivity contribution in [1.29, 1.82) is 0 Å². The predicted octanol–water partition coefficient (Wildman–Crippen LogP) is 2.62. The number of nitrogens with one attached hydrogen (secondary N) is 1. The second kappa shape index (κ2) is 11.5. The minimum Gasteiger partial charge on any atom is -0.463 e. The molecule has 2 aliphatic heterocycles. The molecule has 0 unspecified atom stereocenters. The van der Waals surface area contributed by atoms with E-state index in [4.69, 9.17) is 4.74 Å². The van der Waals surface area contributed by atoms with Crippen molar-refractivity contribution in [2.24, 2.45) is 11.8 Å². The van der Waals surface area contributed by atoms with E-state index in [1.54, 1.807) is 4.90 Å². The summed E-state index contributed by atoms with van der Waals surface area (Å²) in [6.07, 6.45) is 7.07. The molecule has 2 heterocycles. The second-order valence-electron chi connectivity index (χ2n) is 9.78. The number of rotatable bonds is 5. The Bertz CT molecular complexity index is 851. The number of amides is 2. The molecule has 0 bridgehead atoms. The molecule has 3 rings (SSSR count). The zero-order valence-electron chi connectivity index (χ0n) is 19.7. The quantitative estimate of drug-likeness (QED) is 0.525. The van der Waals surface area contributed by atoms with Crippen molar-refractivity contribution in [3.63, 3.8) is 0 Å². The summed E-state index contributed by atoms with van der Waals surface area (Å²) < 4.78 is 5.60. The fraction of sp³-hybridized carbons (Fsp3) is 0.577. The van der Waals surface area contributed by atoms with Gasteiger partial charge in [-0.05, 0) is 51.5 Å². The van der Waals surface area contributed by atoms with Gasteiger partial charge < -0.3 is 20.1 Å². The number of likely N-dealkylation sites (tertiary alicyclic amines) is 1. The summed E-state index contributed by atoms with van der Waals surface area (Å²) in [5.74, 6) is -1.43. The molecule has 0 spiro atoms. The number of ether oxygens (including phenoxy) is 1. The van der Waals surface area contributed by atoms with Crippen LogP contribution in [-0.4, -0.2) is 59.1 Å². The number of carbonyl (C=O) groups excluding carboxylic acids is 3. The van der Waals surface area contributed by atoms with Crippen LogP contribution >= 0.6 is 0 Å². The van der Waals surface area contributed by atoms with Crippen molar-refractivity contribution in [2.75, 3.05) is 19.8 Å². The molecule has 1 fully saturated rings. The lowest BCUT2D eigenvalue weighted by Gasteiger charge is -2.30. The molecule has 0 aromatic heterocycles. The zero-order valence-corrected chi connectivity index (χ0v) is 19.7. The normalized spacial score (nSPS) is 26.2. The molecule has 1 aromatic carbocycles. The highest BCUT2D eigenvalue weighted by atomic mass is 16.5. The first-order valence-electron chi connectivity index (χ1n) is 11.9. The van der Waals surface area contributed by atoms with E-state index in [0.29, 0.717) is 25.8 Å². The van der Waals surface area contributed by atoms with Crippen LogP contribution in [0.5, 0.6) is 0 Å². The number of carbonyl (C=O) groups is 3. The number of hydrogen-bond acceptors (Lipinski definition) is 5. The maximum Gasteiger partial charge on any atom is 0.309 e. The van der Waals surface area contributed by atoms with Gasteiger partial charge in [-0.15, -0.1) is 0 Å². The molecule has 33 heavy (non-hydrogen) atoms. The summed E-state index contributed by atoms with van der Waals surface area (Å²) in [6.45, 7) is 4.26. The first-order chi connectivity index (χ1) is 15.8. The first-order valence-corrected chi connectivity index (χ1v) is 11.9. The zero-order chi connectivity index (χ0) is 23.8. The molecule has 2 aliphatic rings. The van der Waals surface area contributed by atoms with Gasteiger partial charge in [-0.3, -0.25) is 14.4 Å². The van der Waals surface area contributed by atoms with E-state index < -0.39 is 11.5 Å². The Kier molecular flexibility index (Phi) is 8.67. The minimum atomic E-state index is -0.754. The van der Waals surface area contributed by atoms with Crippen LogP contribution in [0.2, 0.25) is 0 Å². The Morgan fingerprint density at radius 1 is 1.15 bits per heavy atom. The lowest BCUT2D eigenvalue weighted by Crippen LogP contribution is -2.50. The fourth-order valence-corrected chi connectivity index (χ4v) is 4.49. The summed E-state index contributed by atoms with van der Waals surface area (Å²) in [5, 5.41) is 12.5. The average Bonchev–Trinajstić information content (AvgIpc) is 3.27. The number of hydrogen-bond donors (Lipinski definition) is 2. The van der Waals surface area contributed by atoms with E-state index >= 15 is 0 Å². The van der Waals surface area contributed by atoms with Crippen molar-refractivity contribution in [1.82, 2.24) is 10.2 Å². The van der Waals surface area contributed by atoms with Gasteiger partial charge in [0.2, 0.25) is 11.8 Å². The van der Waals surface area contributed by atoms with Crippen LogP contribution in [0.25, 0.3) is 0 Å². The van der Waals surface area contributed by atoms with Crippen LogP contribution in [0.3, 0.4) is 0 Å². The molecular weight excluding hydrogens is 420 g/mol. The van der Waals surface area contributed by atoms with Crippen LogP contribution < -0.4 is 5.32 Å². The van der Waals surface area contributed by atoms with Crippen molar-refractivity contribution in [3.05, 3.63) is 48.0 Å². The molecule has 7 nitrogen and oxygen atoms in total. The number of aliphatic hydroxyl groups excluding tert-OH is 1. The average molecular weight is 457 g/mol. The molecule has 2 amide bonds.